The fraction of sp³-hybridized carbons (Fsp3) is 0.333. The quantitative estimate of drug-likeness (QED) is 0.0882. The smallest absolute Gasteiger partial charge is 0.468 e. The molecule has 0 N–H and O–H groups in total. The van der Waals surface area contributed by atoms with Gasteiger partial charge in [-0.1, -0.05) is 76.6 Å². The van der Waals surface area contributed by atoms with Crippen LogP contribution in [0.3, 0.4) is 0 Å². The normalized spacial score (nSPS) is 16.7. The predicted octanol–water partition coefficient (Wildman–Crippen LogP) is 9.69. The van der Waals surface area contributed by atoms with Crippen LogP contribution in [0.4, 0.5) is 17.6 Å². The number of alkyl halides is 3. The lowest BCUT2D eigenvalue weighted by Crippen LogP contribution is -2.41. The van der Waals surface area contributed by atoms with Crippen molar-refractivity contribution in [3.05, 3.63) is 135 Å². The maximum atomic E-state index is 14.0. The van der Waals surface area contributed by atoms with E-state index in [1.165, 1.54) is 30.2 Å². The van der Waals surface area contributed by atoms with Gasteiger partial charge in [0.2, 0.25) is 5.76 Å². The monoisotopic (exact) mass is 821 g/mol. The number of furan rings is 1. The minimum atomic E-state index is -4.61. The van der Waals surface area contributed by atoms with Gasteiger partial charge in [0.05, 0.1) is 35.8 Å². The molecule has 1 amide bonds. The molecule has 2 fully saturated rings. The van der Waals surface area contributed by atoms with E-state index in [9.17, 15) is 27.2 Å². The molecule has 7 nitrogen and oxygen atoms in total. The molecule has 2 aliphatic rings. The molecule has 2 heterocycles. The number of halogens is 5. The van der Waals surface area contributed by atoms with Crippen LogP contribution in [0.5, 0.6) is 0 Å². The SMILES string of the molecule is COC(=O)C1(c2cc(F)cc(Br)c2)CC1.Cc1ccc2ccccc2c1C(=O)N(Cc1ccc(B2OC(C)(C)C(C)(C)O2)cc1)Cc1ccc(C(F)(F)F)o1. The molecular formula is C42H41BBrF4NO6. The van der Waals surface area contributed by atoms with Crippen molar-refractivity contribution in [2.45, 2.75) is 83.3 Å². The number of fused-ring (bicyclic) bond motifs is 1. The molecule has 288 valence electrons. The molecule has 0 bridgehead atoms. The van der Waals surface area contributed by atoms with Gasteiger partial charge in [0, 0.05) is 11.0 Å². The number of amides is 1. The molecule has 5 aromatic rings. The number of nitrogens with zero attached hydrogens (tertiary/aromatic N) is 1. The molecule has 0 atom stereocenters. The van der Waals surface area contributed by atoms with E-state index in [4.69, 9.17) is 18.5 Å². The number of methoxy groups -OCH3 is 1. The number of rotatable bonds is 8. The van der Waals surface area contributed by atoms with E-state index < -0.39 is 35.7 Å². The molecular weight excluding hydrogens is 781 g/mol. The molecule has 0 spiro atoms. The van der Waals surface area contributed by atoms with Crippen molar-refractivity contribution in [3.63, 3.8) is 0 Å². The molecule has 4 aromatic carbocycles. The van der Waals surface area contributed by atoms with Gasteiger partial charge in [0.15, 0.2) is 0 Å². The van der Waals surface area contributed by atoms with E-state index >= 15 is 0 Å². The Bertz CT molecular complexity index is 2180. The number of carbonyl (C=O) groups is 2. The van der Waals surface area contributed by atoms with E-state index in [1.54, 1.807) is 6.07 Å². The third-order valence-corrected chi connectivity index (χ3v) is 11.0. The summed E-state index contributed by atoms with van der Waals surface area (Å²) in [6.07, 6.45) is -3.15. The second kappa shape index (κ2) is 15.2. The number of hydrogen-bond donors (Lipinski definition) is 0. The summed E-state index contributed by atoms with van der Waals surface area (Å²) in [5, 5.41) is 1.68. The van der Waals surface area contributed by atoms with Crippen molar-refractivity contribution < 1.29 is 45.6 Å². The van der Waals surface area contributed by atoms with E-state index in [1.807, 2.05) is 95.3 Å². The number of aryl methyl sites for hydroxylation is 1. The fourth-order valence-corrected chi connectivity index (χ4v) is 7.03. The molecule has 7 rings (SSSR count). The van der Waals surface area contributed by atoms with E-state index in [-0.39, 0.29) is 36.5 Å². The zero-order valence-corrected chi connectivity index (χ0v) is 32.9. The first kappa shape index (κ1) is 40.2. The van der Waals surface area contributed by atoms with Crippen molar-refractivity contribution >= 4 is 51.2 Å². The first-order valence-corrected chi connectivity index (χ1v) is 18.6. The van der Waals surface area contributed by atoms with Gasteiger partial charge in [-0.05, 0) is 111 Å². The summed E-state index contributed by atoms with van der Waals surface area (Å²) in [7, 11) is 0.829. The number of carbonyl (C=O) groups excluding carboxylic acids is 2. The Morgan fingerprint density at radius 1 is 0.873 bits per heavy atom. The van der Waals surface area contributed by atoms with Gasteiger partial charge in [0.1, 0.15) is 11.6 Å². The zero-order chi connectivity index (χ0) is 39.9. The highest BCUT2D eigenvalue weighted by Crippen LogP contribution is 2.49. The third-order valence-electron chi connectivity index (χ3n) is 10.5. The van der Waals surface area contributed by atoms with Crippen LogP contribution in [-0.2, 0) is 43.5 Å². The van der Waals surface area contributed by atoms with Crippen LogP contribution in [0, 0.1) is 12.7 Å². The fourth-order valence-electron chi connectivity index (χ4n) is 6.57. The topological polar surface area (TPSA) is 78.2 Å². The van der Waals surface area contributed by atoms with Gasteiger partial charge >= 0.3 is 19.3 Å². The molecule has 1 saturated heterocycles. The van der Waals surface area contributed by atoms with Crippen molar-refractivity contribution in [2.75, 3.05) is 7.11 Å². The van der Waals surface area contributed by atoms with Crippen LogP contribution < -0.4 is 5.46 Å². The van der Waals surface area contributed by atoms with Gasteiger partial charge < -0.3 is 23.4 Å². The van der Waals surface area contributed by atoms with Crippen LogP contribution in [-0.4, -0.2) is 42.2 Å². The summed E-state index contributed by atoms with van der Waals surface area (Å²) in [6.45, 7) is 9.82. The molecule has 0 unspecified atom stereocenters. The van der Waals surface area contributed by atoms with Crippen molar-refractivity contribution in [3.8, 4) is 0 Å². The lowest BCUT2D eigenvalue weighted by atomic mass is 9.79. The van der Waals surface area contributed by atoms with Crippen LogP contribution in [0.25, 0.3) is 10.8 Å². The Kier molecular flexibility index (Phi) is 11.1. The Balaban J connectivity index is 0.000000286. The summed E-state index contributed by atoms with van der Waals surface area (Å²) in [5.41, 5.74) is 2.07. The standard InChI is InChI=1S/C31H31BF3NO4.C11H10BrFO2/c1-20-10-13-22-8-6-7-9-25(22)27(20)28(37)36(19-24-16-17-26(38-24)31(33,34)35)18-21-11-14-23(15-12-21)32-39-29(2,3)30(4,5)40-32;1-15-10(14)11(2-3-11)7-4-8(12)6-9(13)5-7/h6-17H,18-19H2,1-5H3;4-6H,2-3H2,1H3. The molecule has 1 aliphatic heterocycles. The van der Waals surface area contributed by atoms with Crippen molar-refractivity contribution in [2.24, 2.45) is 0 Å². The van der Waals surface area contributed by atoms with Gasteiger partial charge in [-0.25, -0.2) is 4.39 Å². The number of ether oxygens (including phenoxy) is 1. The molecule has 1 aliphatic carbocycles. The van der Waals surface area contributed by atoms with Gasteiger partial charge in [-0.3, -0.25) is 9.59 Å². The molecule has 0 radical (unpaired) electrons. The highest BCUT2D eigenvalue weighted by molar-refractivity contribution is 9.10. The predicted molar refractivity (Wildman–Crippen MR) is 205 cm³/mol. The highest BCUT2D eigenvalue weighted by atomic mass is 79.9. The summed E-state index contributed by atoms with van der Waals surface area (Å²) >= 11 is 3.21. The van der Waals surface area contributed by atoms with Crippen molar-refractivity contribution in [1.82, 2.24) is 4.90 Å². The Hall–Kier alpha value is -4.46. The largest absolute Gasteiger partial charge is 0.494 e. The van der Waals surface area contributed by atoms with Crippen LogP contribution in [0.1, 0.15) is 79.1 Å². The summed E-state index contributed by atoms with van der Waals surface area (Å²) < 4.78 is 75.5. The second-order valence-corrected chi connectivity index (χ2v) is 15.9. The zero-order valence-electron chi connectivity index (χ0n) is 31.4. The Morgan fingerprint density at radius 3 is 2.11 bits per heavy atom. The van der Waals surface area contributed by atoms with Crippen molar-refractivity contribution in [1.29, 1.82) is 0 Å². The maximum absolute atomic E-state index is 14.0. The lowest BCUT2D eigenvalue weighted by Gasteiger charge is -2.32. The van der Waals surface area contributed by atoms with Gasteiger partial charge in [-0.15, -0.1) is 0 Å². The summed E-state index contributed by atoms with van der Waals surface area (Å²) in [5.74, 6) is -1.96. The van der Waals surface area contributed by atoms with E-state index in [0.29, 0.717) is 15.6 Å². The highest BCUT2D eigenvalue weighted by Gasteiger charge is 2.53. The van der Waals surface area contributed by atoms with Gasteiger partial charge in [0.25, 0.3) is 5.91 Å². The number of esters is 1. The summed E-state index contributed by atoms with van der Waals surface area (Å²) in [4.78, 5) is 27.1. The second-order valence-electron chi connectivity index (χ2n) is 15.0. The first-order chi connectivity index (χ1) is 25.8. The third kappa shape index (κ3) is 8.54. The van der Waals surface area contributed by atoms with E-state index in [0.717, 1.165) is 46.3 Å². The van der Waals surface area contributed by atoms with Crippen LogP contribution >= 0.6 is 15.9 Å². The number of hydrogen-bond acceptors (Lipinski definition) is 6. The lowest BCUT2D eigenvalue weighted by molar-refractivity contribution is -0.153. The average Bonchev–Trinajstić information content (AvgIpc) is 3.73. The van der Waals surface area contributed by atoms with Crippen LogP contribution in [0.2, 0.25) is 0 Å². The molecule has 13 heteroatoms. The first-order valence-electron chi connectivity index (χ1n) is 17.8. The Labute approximate surface area is 326 Å². The maximum Gasteiger partial charge on any atom is 0.494 e. The molecule has 1 saturated carbocycles. The Morgan fingerprint density at radius 2 is 1.53 bits per heavy atom. The molecule has 1 aromatic heterocycles. The minimum Gasteiger partial charge on any atom is -0.468 e. The van der Waals surface area contributed by atoms with Crippen LogP contribution in [0.15, 0.2) is 99.9 Å². The minimum absolute atomic E-state index is 0.0485. The van der Waals surface area contributed by atoms with Gasteiger partial charge in [-0.2, -0.15) is 13.2 Å². The molecule has 55 heavy (non-hydrogen) atoms. The average molecular weight is 822 g/mol. The van der Waals surface area contributed by atoms with E-state index in [2.05, 4.69) is 15.9 Å². The summed E-state index contributed by atoms with van der Waals surface area (Å²) in [6, 6.07) is 25.6. The number of benzene rings is 4.